The van der Waals surface area contributed by atoms with Gasteiger partial charge in [0.15, 0.2) is 0 Å². The lowest BCUT2D eigenvalue weighted by Crippen LogP contribution is -2.16. The topological polar surface area (TPSA) is 38.3 Å². The monoisotopic (exact) mass is 303 g/mol. The molecule has 1 aliphatic carbocycles. The first-order valence-electron chi connectivity index (χ1n) is 6.27. The molecule has 3 nitrogen and oxygen atoms in total. The highest BCUT2D eigenvalue weighted by molar-refractivity contribution is 5.94. The third-order valence-corrected chi connectivity index (χ3v) is 3.08. The van der Waals surface area contributed by atoms with Crippen molar-refractivity contribution in [1.29, 1.82) is 0 Å². The quantitative estimate of drug-likeness (QED) is 0.829. The predicted octanol–water partition coefficient (Wildman–Crippen LogP) is 4.59. The molecule has 0 saturated heterocycles. The Morgan fingerprint density at radius 1 is 1.38 bits per heavy atom. The number of allylic oxidation sites excluding steroid dienone is 2. The van der Waals surface area contributed by atoms with Crippen molar-refractivity contribution < 1.29 is 27.1 Å². The van der Waals surface area contributed by atoms with Crippen molar-refractivity contribution in [3.63, 3.8) is 0 Å². The summed E-state index contributed by atoms with van der Waals surface area (Å²) in [7, 11) is 0. The molecule has 21 heavy (non-hydrogen) atoms. The van der Waals surface area contributed by atoms with Crippen molar-refractivity contribution >= 4 is 17.4 Å². The van der Waals surface area contributed by atoms with Crippen molar-refractivity contribution in [3.05, 3.63) is 34.6 Å². The largest absolute Gasteiger partial charge is 0.450 e. The van der Waals surface area contributed by atoms with Crippen molar-refractivity contribution in [3.8, 4) is 0 Å². The fraction of sp³-hybridized carbons (Fsp3) is 0.357. The van der Waals surface area contributed by atoms with Crippen LogP contribution in [0.25, 0.3) is 5.57 Å². The number of nitrogens with one attached hydrogen (secondary N) is 1. The average Bonchev–Trinajstić information content (AvgIpc) is 3.07. The molecule has 0 aromatic heterocycles. The maximum Gasteiger partial charge on any atom is 0.416 e. The van der Waals surface area contributed by atoms with Crippen LogP contribution in [0.1, 0.15) is 31.4 Å². The average molecular weight is 303 g/mol. The number of amides is 1. The number of halogens is 4. The lowest BCUT2D eigenvalue weighted by molar-refractivity contribution is -0.137. The van der Waals surface area contributed by atoms with E-state index in [1.165, 1.54) is 0 Å². The summed E-state index contributed by atoms with van der Waals surface area (Å²) in [5.74, 6) is -1.14. The van der Waals surface area contributed by atoms with E-state index in [9.17, 15) is 22.4 Å². The van der Waals surface area contributed by atoms with E-state index in [0.29, 0.717) is 18.1 Å². The summed E-state index contributed by atoms with van der Waals surface area (Å²) in [6.07, 6.45) is -5.06. The molecule has 0 aliphatic heterocycles. The van der Waals surface area contributed by atoms with Gasteiger partial charge in [-0.15, -0.1) is 0 Å². The summed E-state index contributed by atoms with van der Waals surface area (Å²) in [4.78, 5) is 11.4. The Balaban J connectivity index is 2.46. The van der Waals surface area contributed by atoms with Gasteiger partial charge in [-0.3, -0.25) is 5.32 Å². The van der Waals surface area contributed by atoms with E-state index in [1.807, 2.05) is 0 Å². The van der Waals surface area contributed by atoms with Gasteiger partial charge in [0.1, 0.15) is 5.82 Å². The maximum atomic E-state index is 14.0. The fourth-order valence-corrected chi connectivity index (χ4v) is 1.95. The van der Waals surface area contributed by atoms with Gasteiger partial charge in [-0.25, -0.2) is 9.18 Å². The third-order valence-electron chi connectivity index (χ3n) is 3.08. The van der Waals surface area contributed by atoms with Gasteiger partial charge < -0.3 is 4.74 Å². The predicted molar refractivity (Wildman–Crippen MR) is 69.3 cm³/mol. The van der Waals surface area contributed by atoms with E-state index in [1.54, 1.807) is 13.8 Å². The molecular weight excluding hydrogens is 290 g/mol. The Morgan fingerprint density at radius 3 is 2.48 bits per heavy atom. The van der Waals surface area contributed by atoms with Gasteiger partial charge in [-0.05, 0) is 38.0 Å². The molecule has 0 fully saturated rings. The molecule has 0 atom stereocenters. The van der Waals surface area contributed by atoms with Gasteiger partial charge in [-0.2, -0.15) is 13.2 Å². The second-order valence-corrected chi connectivity index (χ2v) is 4.66. The number of carbonyl (C=O) groups excluding carboxylic acids is 1. The van der Waals surface area contributed by atoms with Crippen LogP contribution in [0.3, 0.4) is 0 Å². The van der Waals surface area contributed by atoms with Gasteiger partial charge in [0, 0.05) is 5.56 Å². The summed E-state index contributed by atoms with van der Waals surface area (Å²) in [6, 6.07) is 1.21. The summed E-state index contributed by atoms with van der Waals surface area (Å²) in [6.45, 7) is 3.38. The highest BCUT2D eigenvalue weighted by Gasteiger charge is 2.34. The number of hydrogen-bond acceptors (Lipinski definition) is 2. The van der Waals surface area contributed by atoms with Gasteiger partial charge in [0.05, 0.1) is 17.9 Å². The highest BCUT2D eigenvalue weighted by Crippen LogP contribution is 2.45. The van der Waals surface area contributed by atoms with E-state index >= 15 is 0 Å². The number of ether oxygens (including phenoxy) is 1. The van der Waals surface area contributed by atoms with Crippen LogP contribution in [0, 0.1) is 5.82 Å². The van der Waals surface area contributed by atoms with E-state index in [2.05, 4.69) is 10.1 Å². The van der Waals surface area contributed by atoms with Crippen molar-refractivity contribution in [2.24, 2.45) is 0 Å². The molecule has 0 unspecified atom stereocenters. The summed E-state index contributed by atoms with van der Waals surface area (Å²) in [5.41, 5.74) is 0.144. The van der Waals surface area contributed by atoms with Crippen LogP contribution in [0.5, 0.6) is 0 Å². The van der Waals surface area contributed by atoms with Gasteiger partial charge in [-0.1, -0.05) is 5.57 Å². The molecule has 1 N–H and O–H groups in total. The van der Waals surface area contributed by atoms with Crippen molar-refractivity contribution in [1.82, 2.24) is 0 Å². The summed E-state index contributed by atoms with van der Waals surface area (Å²) >= 11 is 0. The Kier molecular flexibility index (Phi) is 3.93. The Bertz CT molecular complexity index is 620. The molecule has 2 rings (SSSR count). The summed E-state index contributed by atoms with van der Waals surface area (Å²) in [5, 5.41) is 2.16. The van der Waals surface area contributed by atoms with Gasteiger partial charge in [0.25, 0.3) is 0 Å². The minimum absolute atomic E-state index is 0.0490. The van der Waals surface area contributed by atoms with E-state index < -0.39 is 23.7 Å². The number of hydrogen-bond donors (Lipinski definition) is 1. The number of anilines is 1. The first-order chi connectivity index (χ1) is 9.74. The minimum Gasteiger partial charge on any atom is -0.450 e. The van der Waals surface area contributed by atoms with Gasteiger partial charge >= 0.3 is 12.3 Å². The standard InChI is InChI=1S/C14H13F4NO2/c1-3-21-13(20)19-12-10(9-4-7(9)2)5-8(6-11(12)15)14(16,17)18/h5-6H,3-4H2,1-2H3,(H,19,20). The van der Waals surface area contributed by atoms with Crippen LogP contribution >= 0.6 is 0 Å². The van der Waals surface area contributed by atoms with Crippen LogP contribution in [0.4, 0.5) is 28.0 Å². The van der Waals surface area contributed by atoms with Crippen LogP contribution < -0.4 is 5.32 Å². The molecule has 0 bridgehead atoms. The molecule has 0 heterocycles. The molecule has 1 aromatic carbocycles. The van der Waals surface area contributed by atoms with Crippen LogP contribution in [-0.4, -0.2) is 12.7 Å². The van der Waals surface area contributed by atoms with Crippen LogP contribution in [-0.2, 0) is 10.9 Å². The SMILES string of the molecule is CCOC(=O)Nc1c(F)cc(C(F)(F)F)cc1C1=C(C)C1. The lowest BCUT2D eigenvalue weighted by atomic mass is 10.0. The van der Waals surface area contributed by atoms with Crippen molar-refractivity contribution in [2.75, 3.05) is 11.9 Å². The normalized spacial score (nSPS) is 14.2. The molecule has 0 saturated carbocycles. The first-order valence-corrected chi connectivity index (χ1v) is 6.27. The zero-order valence-corrected chi connectivity index (χ0v) is 11.4. The number of rotatable bonds is 3. The number of benzene rings is 1. The van der Waals surface area contributed by atoms with Gasteiger partial charge in [0.2, 0.25) is 0 Å². The third kappa shape index (κ3) is 3.34. The fourth-order valence-electron chi connectivity index (χ4n) is 1.95. The highest BCUT2D eigenvalue weighted by atomic mass is 19.4. The molecule has 1 amide bonds. The van der Waals surface area contributed by atoms with E-state index in [4.69, 9.17) is 0 Å². The molecule has 0 spiro atoms. The number of alkyl halides is 3. The Labute approximate surface area is 118 Å². The molecule has 1 aromatic rings. The van der Waals surface area contributed by atoms with Crippen LogP contribution in [0.2, 0.25) is 0 Å². The smallest absolute Gasteiger partial charge is 0.416 e. The molecular formula is C14H13F4NO2. The Morgan fingerprint density at radius 2 is 2.00 bits per heavy atom. The van der Waals surface area contributed by atoms with E-state index in [0.717, 1.165) is 11.6 Å². The maximum absolute atomic E-state index is 14.0. The number of carbonyl (C=O) groups is 1. The van der Waals surface area contributed by atoms with E-state index in [-0.39, 0.29) is 17.9 Å². The second-order valence-electron chi connectivity index (χ2n) is 4.66. The van der Waals surface area contributed by atoms with Crippen LogP contribution in [0.15, 0.2) is 17.7 Å². The minimum atomic E-state index is -4.65. The second kappa shape index (κ2) is 5.38. The zero-order chi connectivity index (χ0) is 15.8. The van der Waals surface area contributed by atoms with Crippen molar-refractivity contribution in [2.45, 2.75) is 26.4 Å². The molecule has 0 radical (unpaired) electrons. The molecule has 114 valence electrons. The summed E-state index contributed by atoms with van der Waals surface area (Å²) < 4.78 is 56.8. The molecule has 1 aliphatic rings. The zero-order valence-electron chi connectivity index (χ0n) is 11.4. The Hall–Kier alpha value is -2.05. The first kappa shape index (κ1) is 15.3. The lowest BCUT2D eigenvalue weighted by Gasteiger charge is -2.14. The molecule has 7 heteroatoms.